The van der Waals surface area contributed by atoms with Crippen molar-refractivity contribution in [1.82, 2.24) is 14.7 Å². The molecule has 0 N–H and O–H groups in total. The van der Waals surface area contributed by atoms with Gasteiger partial charge in [0.1, 0.15) is 12.4 Å². The molecule has 0 spiro atoms. The molecule has 6 nitrogen and oxygen atoms in total. The number of hydrogen-bond acceptors (Lipinski definition) is 4. The lowest BCUT2D eigenvalue weighted by Gasteiger charge is -2.25. The summed E-state index contributed by atoms with van der Waals surface area (Å²) in [5.41, 5.74) is 1.30. The number of amides is 1. The van der Waals surface area contributed by atoms with E-state index in [4.69, 9.17) is 0 Å². The molecule has 0 aliphatic carbocycles. The Balaban J connectivity index is 1.76. The zero-order valence-corrected chi connectivity index (χ0v) is 14.4. The van der Waals surface area contributed by atoms with E-state index >= 15 is 0 Å². The first kappa shape index (κ1) is 17.1. The minimum atomic E-state index is -0.308. The van der Waals surface area contributed by atoms with E-state index < -0.39 is 0 Å². The van der Waals surface area contributed by atoms with E-state index in [-0.39, 0.29) is 29.9 Å². The minimum absolute atomic E-state index is 0.0788. The van der Waals surface area contributed by atoms with Gasteiger partial charge in [-0.25, -0.2) is 9.07 Å². The third-order valence-electron chi connectivity index (χ3n) is 4.48. The fourth-order valence-corrected chi connectivity index (χ4v) is 3.10. The first-order chi connectivity index (χ1) is 12.0. The van der Waals surface area contributed by atoms with Gasteiger partial charge in [0.05, 0.1) is 17.9 Å². The molecule has 1 amide bonds. The van der Waals surface area contributed by atoms with Gasteiger partial charge in [0.25, 0.3) is 5.56 Å². The Labute approximate surface area is 145 Å². The van der Waals surface area contributed by atoms with E-state index in [2.05, 4.69) is 5.10 Å². The predicted molar refractivity (Wildman–Crippen MR) is 92.9 cm³/mol. The zero-order valence-electron chi connectivity index (χ0n) is 14.4. The van der Waals surface area contributed by atoms with Crippen molar-refractivity contribution in [2.24, 2.45) is 0 Å². The molecule has 3 rings (SSSR count). The number of likely N-dealkylation sites (tertiary alicyclic amines) is 1. The highest BCUT2D eigenvalue weighted by atomic mass is 19.1. The average Bonchev–Trinajstić information content (AvgIpc) is 3.07. The van der Waals surface area contributed by atoms with Crippen LogP contribution < -0.4 is 10.5 Å². The molecule has 1 aromatic carbocycles. The fraction of sp³-hybridized carbons (Fsp3) is 0.389. The normalized spacial score (nSPS) is 16.9. The standard InChI is InChI=1S/C18H21FN4O2/c1-21(2)15-10-17(24)23(20-11-15)12-18(25)22-9-3-4-16(22)13-5-7-14(19)8-6-13/h5-8,10-11,16H,3-4,9,12H2,1-2H3. The summed E-state index contributed by atoms with van der Waals surface area (Å²) in [6, 6.07) is 7.61. The van der Waals surface area contributed by atoms with Gasteiger partial charge in [0.2, 0.25) is 5.91 Å². The maximum Gasteiger partial charge on any atom is 0.269 e. The Morgan fingerprint density at radius 2 is 2.04 bits per heavy atom. The van der Waals surface area contributed by atoms with Gasteiger partial charge in [-0.15, -0.1) is 0 Å². The second-order valence-electron chi connectivity index (χ2n) is 6.40. The molecule has 1 unspecified atom stereocenters. The number of carbonyl (C=O) groups is 1. The van der Waals surface area contributed by atoms with Crippen molar-refractivity contribution in [1.29, 1.82) is 0 Å². The first-order valence-corrected chi connectivity index (χ1v) is 8.25. The minimum Gasteiger partial charge on any atom is -0.376 e. The molecular weight excluding hydrogens is 323 g/mol. The third kappa shape index (κ3) is 3.70. The number of rotatable bonds is 4. The molecule has 25 heavy (non-hydrogen) atoms. The topological polar surface area (TPSA) is 58.4 Å². The van der Waals surface area contributed by atoms with Gasteiger partial charge in [-0.05, 0) is 30.5 Å². The van der Waals surface area contributed by atoms with Crippen LogP contribution in [-0.4, -0.2) is 41.2 Å². The van der Waals surface area contributed by atoms with Crippen molar-refractivity contribution in [3.8, 4) is 0 Å². The molecule has 2 aromatic rings. The van der Waals surface area contributed by atoms with Gasteiger partial charge in [0, 0.05) is 26.7 Å². The number of hydrogen-bond donors (Lipinski definition) is 0. The maximum atomic E-state index is 13.1. The summed E-state index contributed by atoms with van der Waals surface area (Å²) in [7, 11) is 3.65. The van der Waals surface area contributed by atoms with Gasteiger partial charge in [-0.1, -0.05) is 12.1 Å². The van der Waals surface area contributed by atoms with Crippen LogP contribution in [0.1, 0.15) is 24.4 Å². The molecule has 1 fully saturated rings. The molecule has 132 valence electrons. The van der Waals surface area contributed by atoms with Gasteiger partial charge in [-0.2, -0.15) is 5.10 Å². The Morgan fingerprint density at radius 3 is 2.68 bits per heavy atom. The summed E-state index contributed by atoms with van der Waals surface area (Å²) in [5.74, 6) is -0.449. The van der Waals surface area contributed by atoms with Gasteiger partial charge in [-0.3, -0.25) is 9.59 Å². The van der Waals surface area contributed by atoms with Crippen LogP contribution in [-0.2, 0) is 11.3 Å². The van der Waals surface area contributed by atoms with Crippen LogP contribution in [0.3, 0.4) is 0 Å². The predicted octanol–water partition coefficient (Wildman–Crippen LogP) is 1.81. The summed E-state index contributed by atoms with van der Waals surface area (Å²) in [4.78, 5) is 28.4. The van der Waals surface area contributed by atoms with Gasteiger partial charge in [0.15, 0.2) is 0 Å². The number of nitrogens with zero attached hydrogens (tertiary/aromatic N) is 4. The Morgan fingerprint density at radius 1 is 1.32 bits per heavy atom. The van der Waals surface area contributed by atoms with Crippen LogP contribution in [0.15, 0.2) is 41.3 Å². The lowest BCUT2D eigenvalue weighted by atomic mass is 10.0. The lowest BCUT2D eigenvalue weighted by molar-refractivity contribution is -0.133. The summed E-state index contributed by atoms with van der Waals surface area (Å²) < 4.78 is 14.3. The van der Waals surface area contributed by atoms with Gasteiger partial charge >= 0.3 is 0 Å². The van der Waals surface area contributed by atoms with Crippen molar-refractivity contribution >= 4 is 11.6 Å². The van der Waals surface area contributed by atoms with Crippen LogP contribution >= 0.6 is 0 Å². The fourth-order valence-electron chi connectivity index (χ4n) is 3.10. The van der Waals surface area contributed by atoms with E-state index in [0.717, 1.165) is 18.4 Å². The number of carbonyl (C=O) groups excluding carboxylic acids is 1. The van der Waals surface area contributed by atoms with Crippen molar-refractivity contribution < 1.29 is 9.18 Å². The number of anilines is 1. The quantitative estimate of drug-likeness (QED) is 0.849. The highest BCUT2D eigenvalue weighted by molar-refractivity contribution is 5.76. The third-order valence-corrected chi connectivity index (χ3v) is 4.48. The maximum absolute atomic E-state index is 13.1. The van der Waals surface area contributed by atoms with Crippen LogP contribution in [0, 0.1) is 5.82 Å². The van der Waals surface area contributed by atoms with Crippen LogP contribution in [0.25, 0.3) is 0 Å². The lowest BCUT2D eigenvalue weighted by Crippen LogP contribution is -2.37. The summed E-state index contributed by atoms with van der Waals surface area (Å²) in [6.07, 6.45) is 3.28. The van der Waals surface area contributed by atoms with Crippen LogP contribution in [0.5, 0.6) is 0 Å². The number of aromatic nitrogens is 2. The Hall–Kier alpha value is -2.70. The van der Waals surface area contributed by atoms with Crippen molar-refractivity contribution in [3.05, 3.63) is 58.3 Å². The highest BCUT2D eigenvalue weighted by Crippen LogP contribution is 2.32. The number of benzene rings is 1. The van der Waals surface area contributed by atoms with E-state index in [0.29, 0.717) is 12.2 Å². The van der Waals surface area contributed by atoms with E-state index in [9.17, 15) is 14.0 Å². The van der Waals surface area contributed by atoms with Crippen molar-refractivity contribution in [3.63, 3.8) is 0 Å². The number of halogens is 1. The molecule has 0 saturated carbocycles. The average molecular weight is 344 g/mol. The zero-order chi connectivity index (χ0) is 18.0. The molecule has 1 aliphatic heterocycles. The second-order valence-corrected chi connectivity index (χ2v) is 6.40. The van der Waals surface area contributed by atoms with Crippen LogP contribution in [0.2, 0.25) is 0 Å². The monoisotopic (exact) mass is 344 g/mol. The second kappa shape index (κ2) is 7.04. The smallest absolute Gasteiger partial charge is 0.269 e. The van der Waals surface area contributed by atoms with E-state index in [1.807, 2.05) is 14.1 Å². The van der Waals surface area contributed by atoms with E-state index in [1.165, 1.54) is 22.9 Å². The van der Waals surface area contributed by atoms with Crippen molar-refractivity contribution in [2.45, 2.75) is 25.4 Å². The highest BCUT2D eigenvalue weighted by Gasteiger charge is 2.30. The Kier molecular flexibility index (Phi) is 4.83. The molecule has 0 bridgehead atoms. The molecule has 1 aromatic heterocycles. The van der Waals surface area contributed by atoms with Crippen LogP contribution in [0.4, 0.5) is 10.1 Å². The summed E-state index contributed by atoms with van der Waals surface area (Å²) in [5, 5.41) is 4.09. The molecule has 7 heteroatoms. The summed E-state index contributed by atoms with van der Waals surface area (Å²) >= 11 is 0. The molecule has 1 atom stereocenters. The van der Waals surface area contributed by atoms with Crippen molar-refractivity contribution in [2.75, 3.05) is 25.5 Å². The molecule has 0 radical (unpaired) electrons. The summed E-state index contributed by atoms with van der Waals surface area (Å²) in [6.45, 7) is 0.537. The van der Waals surface area contributed by atoms with Gasteiger partial charge < -0.3 is 9.80 Å². The molecular formula is C18H21FN4O2. The molecule has 1 aliphatic rings. The largest absolute Gasteiger partial charge is 0.376 e. The molecule has 1 saturated heterocycles. The first-order valence-electron chi connectivity index (χ1n) is 8.25. The Bertz CT molecular complexity index is 817. The van der Waals surface area contributed by atoms with E-state index in [1.54, 1.807) is 28.1 Å². The molecule has 2 heterocycles. The SMILES string of the molecule is CN(C)c1cnn(CC(=O)N2CCCC2c2ccc(F)cc2)c(=O)c1.